The van der Waals surface area contributed by atoms with Crippen molar-refractivity contribution in [2.75, 3.05) is 42.6 Å². The van der Waals surface area contributed by atoms with Crippen LogP contribution >= 0.6 is 0 Å². The third-order valence-electron chi connectivity index (χ3n) is 9.47. The average Bonchev–Trinajstić information content (AvgIpc) is 3.64. The summed E-state index contributed by atoms with van der Waals surface area (Å²) in [6.07, 6.45) is 6.45. The van der Waals surface area contributed by atoms with E-state index in [2.05, 4.69) is 31.9 Å². The normalized spacial score (nSPS) is 26.4. The van der Waals surface area contributed by atoms with Gasteiger partial charge < -0.3 is 29.3 Å². The van der Waals surface area contributed by atoms with Crippen molar-refractivity contribution < 1.29 is 29.0 Å². The molecule has 1 spiro atoms. The number of carbonyl (C=O) groups is 3. The number of hydrogen-bond donors (Lipinski definition) is 1. The number of allylic oxidation sites excluding steroid dienone is 1. The lowest BCUT2D eigenvalue weighted by Gasteiger charge is -2.40. The van der Waals surface area contributed by atoms with Crippen LogP contribution in [0.25, 0.3) is 0 Å². The van der Waals surface area contributed by atoms with Crippen molar-refractivity contribution in [3.05, 3.63) is 49.6 Å². The molecule has 236 valence electrons. The van der Waals surface area contributed by atoms with E-state index in [-0.39, 0.29) is 37.5 Å². The molecule has 1 aromatic rings. The van der Waals surface area contributed by atoms with Crippen LogP contribution in [-0.4, -0.2) is 84.4 Å². The smallest absolute Gasteiger partial charge is 0.312 e. The van der Waals surface area contributed by atoms with Crippen molar-refractivity contribution in [2.45, 2.75) is 83.6 Å². The lowest BCUT2D eigenvalue weighted by molar-refractivity contribution is -0.156. The van der Waals surface area contributed by atoms with Gasteiger partial charge in [-0.2, -0.15) is 0 Å². The van der Waals surface area contributed by atoms with Gasteiger partial charge >= 0.3 is 5.97 Å². The molecule has 2 unspecified atom stereocenters. The second-order valence-electron chi connectivity index (χ2n) is 12.2. The number of aliphatic hydroxyl groups excluding tert-OH is 1. The molecule has 0 aliphatic carbocycles. The standard InChI is InChI=1S/C34H49N3O6/c1-7-11-12-13-21-42-33(41)28-27-18-19-34(43-27)29(28)31(39)37(26(22-38)23(5)6)30(34)32(40)36(20-8-2)25-16-14-24(15-17-25)35(9-3)10-4/h7-8,14-17,23,26-30,38H,1-2,9-13,18-22H2,3-6H3/t26-,27+,28-,29-,30?,34?/m0/s1. The van der Waals surface area contributed by atoms with Crippen molar-refractivity contribution in [2.24, 2.45) is 17.8 Å². The molecule has 0 radical (unpaired) electrons. The van der Waals surface area contributed by atoms with Crippen molar-refractivity contribution >= 4 is 29.2 Å². The Labute approximate surface area is 256 Å². The summed E-state index contributed by atoms with van der Waals surface area (Å²) in [6.45, 7) is 17.6. The molecule has 0 saturated carbocycles. The molecule has 3 heterocycles. The van der Waals surface area contributed by atoms with Gasteiger partial charge in [-0.15, -0.1) is 13.2 Å². The minimum atomic E-state index is -1.17. The van der Waals surface area contributed by atoms with Gasteiger partial charge in [0.15, 0.2) is 0 Å². The second kappa shape index (κ2) is 14.1. The zero-order valence-corrected chi connectivity index (χ0v) is 26.2. The summed E-state index contributed by atoms with van der Waals surface area (Å²) in [6, 6.07) is 6.20. The maximum atomic E-state index is 14.7. The minimum absolute atomic E-state index is 0.131. The number of fused-ring (bicyclic) bond motifs is 1. The number of aliphatic hydroxyl groups is 1. The number of nitrogens with zero attached hydrogens (tertiary/aromatic N) is 3. The van der Waals surface area contributed by atoms with Gasteiger partial charge in [-0.1, -0.05) is 26.0 Å². The van der Waals surface area contributed by atoms with Gasteiger partial charge in [-0.25, -0.2) is 0 Å². The van der Waals surface area contributed by atoms with E-state index in [9.17, 15) is 19.5 Å². The fraction of sp³-hybridized carbons (Fsp3) is 0.618. The van der Waals surface area contributed by atoms with E-state index in [1.54, 1.807) is 11.0 Å². The van der Waals surface area contributed by atoms with E-state index in [1.807, 2.05) is 44.2 Å². The van der Waals surface area contributed by atoms with Crippen LogP contribution in [0.2, 0.25) is 0 Å². The van der Waals surface area contributed by atoms with Gasteiger partial charge in [0.25, 0.3) is 5.91 Å². The summed E-state index contributed by atoms with van der Waals surface area (Å²) in [5.41, 5.74) is 0.565. The molecule has 3 fully saturated rings. The first-order chi connectivity index (χ1) is 20.7. The highest BCUT2D eigenvalue weighted by Crippen LogP contribution is 2.59. The van der Waals surface area contributed by atoms with Gasteiger partial charge in [0.1, 0.15) is 11.6 Å². The molecule has 2 bridgehead atoms. The predicted molar refractivity (Wildman–Crippen MR) is 168 cm³/mol. The summed E-state index contributed by atoms with van der Waals surface area (Å²) >= 11 is 0. The molecule has 9 heteroatoms. The van der Waals surface area contributed by atoms with Gasteiger partial charge in [0.05, 0.1) is 37.2 Å². The number of amides is 2. The maximum absolute atomic E-state index is 14.7. The van der Waals surface area contributed by atoms with E-state index in [0.29, 0.717) is 24.9 Å². The highest BCUT2D eigenvalue weighted by Gasteiger charge is 2.75. The van der Waals surface area contributed by atoms with Crippen molar-refractivity contribution in [1.29, 1.82) is 0 Å². The largest absolute Gasteiger partial charge is 0.465 e. The molecule has 3 saturated heterocycles. The van der Waals surface area contributed by atoms with Gasteiger partial charge in [-0.05, 0) is 76.1 Å². The van der Waals surface area contributed by atoms with Crippen LogP contribution in [0.15, 0.2) is 49.6 Å². The van der Waals surface area contributed by atoms with Crippen LogP contribution in [0, 0.1) is 17.8 Å². The molecule has 0 aromatic heterocycles. The number of likely N-dealkylation sites (tertiary alicyclic amines) is 1. The lowest BCUT2D eigenvalue weighted by atomic mass is 9.70. The van der Waals surface area contributed by atoms with Crippen LogP contribution in [0.3, 0.4) is 0 Å². The Kier molecular flexibility index (Phi) is 10.7. The number of unbranched alkanes of at least 4 members (excludes halogenated alkanes) is 2. The number of ether oxygens (including phenoxy) is 2. The number of anilines is 2. The topological polar surface area (TPSA) is 99.6 Å². The van der Waals surface area contributed by atoms with Crippen LogP contribution in [0.4, 0.5) is 11.4 Å². The van der Waals surface area contributed by atoms with Gasteiger partial charge in [-0.3, -0.25) is 14.4 Å². The van der Waals surface area contributed by atoms with E-state index in [0.717, 1.165) is 31.6 Å². The Morgan fingerprint density at radius 1 is 1.14 bits per heavy atom. The number of hydrogen-bond acceptors (Lipinski definition) is 7. The van der Waals surface area contributed by atoms with Crippen LogP contribution in [-0.2, 0) is 23.9 Å². The first-order valence-electron chi connectivity index (χ1n) is 15.9. The highest BCUT2D eigenvalue weighted by atomic mass is 16.6. The van der Waals surface area contributed by atoms with Crippen LogP contribution in [0.1, 0.15) is 59.8 Å². The fourth-order valence-electron chi connectivity index (χ4n) is 7.31. The molecule has 3 aliphatic rings. The van der Waals surface area contributed by atoms with Crippen LogP contribution in [0.5, 0.6) is 0 Å². The Hall–Kier alpha value is -3.17. The summed E-state index contributed by atoms with van der Waals surface area (Å²) in [5.74, 6) is -2.83. The molecule has 1 aromatic carbocycles. The monoisotopic (exact) mass is 595 g/mol. The zero-order chi connectivity index (χ0) is 31.3. The SMILES string of the molecule is C=CCCCCOC(=O)[C@@H]1[C@H]2C(=O)N([C@@H](CO)C(C)C)C(C(=O)N(CC=C)c3ccc(N(CC)CC)cc3)C23CC[C@H]1O3. The number of benzene rings is 1. The Morgan fingerprint density at radius 3 is 2.40 bits per heavy atom. The molecule has 1 N–H and O–H groups in total. The van der Waals surface area contributed by atoms with E-state index in [1.165, 1.54) is 4.90 Å². The van der Waals surface area contributed by atoms with Crippen molar-refractivity contribution in [3.63, 3.8) is 0 Å². The third kappa shape index (κ3) is 5.98. The summed E-state index contributed by atoms with van der Waals surface area (Å²) in [5, 5.41) is 10.5. The van der Waals surface area contributed by atoms with E-state index >= 15 is 0 Å². The quantitative estimate of drug-likeness (QED) is 0.172. The van der Waals surface area contributed by atoms with E-state index in [4.69, 9.17) is 9.47 Å². The van der Waals surface area contributed by atoms with E-state index < -0.39 is 41.6 Å². The van der Waals surface area contributed by atoms with Gasteiger partial charge in [0, 0.05) is 31.0 Å². The molecule has 6 atom stereocenters. The summed E-state index contributed by atoms with van der Waals surface area (Å²) < 4.78 is 12.2. The van der Waals surface area contributed by atoms with Crippen molar-refractivity contribution in [1.82, 2.24) is 4.90 Å². The first-order valence-corrected chi connectivity index (χ1v) is 15.9. The molecular weight excluding hydrogens is 546 g/mol. The molecular formula is C34H49N3O6. The Morgan fingerprint density at radius 2 is 1.81 bits per heavy atom. The zero-order valence-electron chi connectivity index (χ0n) is 26.2. The van der Waals surface area contributed by atoms with Crippen LogP contribution < -0.4 is 9.80 Å². The molecule has 9 nitrogen and oxygen atoms in total. The fourth-order valence-corrected chi connectivity index (χ4v) is 7.31. The highest BCUT2D eigenvalue weighted by molar-refractivity contribution is 6.05. The minimum Gasteiger partial charge on any atom is -0.465 e. The maximum Gasteiger partial charge on any atom is 0.312 e. The first kappa shape index (κ1) is 32.7. The molecule has 4 rings (SSSR count). The van der Waals surface area contributed by atoms with Gasteiger partial charge in [0.2, 0.25) is 5.91 Å². The number of esters is 1. The molecule has 43 heavy (non-hydrogen) atoms. The molecule has 2 amide bonds. The second-order valence-corrected chi connectivity index (χ2v) is 12.2. The third-order valence-corrected chi connectivity index (χ3v) is 9.47. The Balaban J connectivity index is 1.70. The summed E-state index contributed by atoms with van der Waals surface area (Å²) in [7, 11) is 0. The predicted octanol–water partition coefficient (Wildman–Crippen LogP) is 4.34. The number of rotatable bonds is 16. The Bertz CT molecular complexity index is 1170. The summed E-state index contributed by atoms with van der Waals surface area (Å²) in [4.78, 5) is 47.9. The molecule has 3 aliphatic heterocycles. The lowest BCUT2D eigenvalue weighted by Crippen LogP contribution is -2.59. The van der Waals surface area contributed by atoms with Crippen molar-refractivity contribution in [3.8, 4) is 0 Å². The average molecular weight is 596 g/mol. The number of carbonyl (C=O) groups excluding carboxylic acids is 3.